The zero-order valence-electron chi connectivity index (χ0n) is 5.73. The molecule has 0 bridgehead atoms. The maximum Gasteiger partial charge on any atom is 0.322 e. The lowest BCUT2D eigenvalue weighted by molar-refractivity contribution is 1.77. The fraction of sp³-hybridized carbons (Fsp3) is 0. The third kappa shape index (κ3) is 4.18. The van der Waals surface area contributed by atoms with Crippen molar-refractivity contribution >= 4 is 53.0 Å². The minimum absolute atomic E-state index is 0.638. The Morgan fingerprint density at radius 3 is 2.00 bits per heavy atom. The van der Waals surface area contributed by atoms with Gasteiger partial charge in [0.1, 0.15) is 9.04 Å². The van der Waals surface area contributed by atoms with Crippen LogP contribution in [0.2, 0.25) is 0 Å². The summed E-state index contributed by atoms with van der Waals surface area (Å²) < 4.78 is 0. The standard InChI is InChI=1S/C6H7Cl3Si2/c7-11(8,9)10-6-4-2-1-3-5-6/h1-5H,10H2. The molecule has 1 aromatic carbocycles. The first-order valence-corrected chi connectivity index (χ1v) is 11.3. The molecular formula is C6H7Cl3Si2. The van der Waals surface area contributed by atoms with Gasteiger partial charge in [0.2, 0.25) is 0 Å². The Balaban J connectivity index is 2.66. The van der Waals surface area contributed by atoms with Gasteiger partial charge in [0.15, 0.2) is 0 Å². The van der Waals surface area contributed by atoms with E-state index in [9.17, 15) is 0 Å². The second-order valence-corrected chi connectivity index (χ2v) is 20.5. The van der Waals surface area contributed by atoms with Gasteiger partial charge in [0.05, 0.1) is 0 Å². The molecule has 0 atom stereocenters. The summed E-state index contributed by atoms with van der Waals surface area (Å²) in [6.07, 6.45) is 0. The number of hydrogen-bond acceptors (Lipinski definition) is 0. The van der Waals surface area contributed by atoms with Crippen molar-refractivity contribution < 1.29 is 0 Å². The molecule has 0 fully saturated rings. The summed E-state index contributed by atoms with van der Waals surface area (Å²) >= 11 is 17.4. The van der Waals surface area contributed by atoms with Crippen LogP contribution in [-0.4, -0.2) is 14.6 Å². The summed E-state index contributed by atoms with van der Waals surface area (Å²) in [7, 11) is -0.638. The Hall–Kier alpha value is 0.524. The van der Waals surface area contributed by atoms with Crippen LogP contribution in [0.1, 0.15) is 0 Å². The van der Waals surface area contributed by atoms with Crippen molar-refractivity contribution in [3.8, 4) is 0 Å². The molecule has 0 aliphatic carbocycles. The lowest BCUT2D eigenvalue weighted by Crippen LogP contribution is -2.32. The molecule has 0 spiro atoms. The van der Waals surface area contributed by atoms with Crippen LogP contribution < -0.4 is 5.19 Å². The van der Waals surface area contributed by atoms with E-state index in [4.69, 9.17) is 33.2 Å². The molecule has 0 N–H and O–H groups in total. The summed E-state index contributed by atoms with van der Waals surface area (Å²) in [5.41, 5.74) is -2.34. The van der Waals surface area contributed by atoms with E-state index in [1.807, 2.05) is 30.3 Å². The van der Waals surface area contributed by atoms with Crippen LogP contribution in [0.15, 0.2) is 30.3 Å². The fourth-order valence-corrected chi connectivity index (χ4v) is 8.06. The average molecular weight is 242 g/mol. The van der Waals surface area contributed by atoms with Gasteiger partial charge >= 0.3 is 5.52 Å². The average Bonchev–Trinajstić information content (AvgIpc) is 1.85. The molecule has 0 heterocycles. The summed E-state index contributed by atoms with van der Waals surface area (Å²) in [6.45, 7) is 0. The molecule has 0 radical (unpaired) electrons. The van der Waals surface area contributed by atoms with E-state index < -0.39 is 14.6 Å². The van der Waals surface area contributed by atoms with Crippen molar-refractivity contribution in [1.29, 1.82) is 0 Å². The Kier molecular flexibility index (Phi) is 3.46. The zero-order chi connectivity index (χ0) is 8.32. The third-order valence-electron chi connectivity index (χ3n) is 1.25. The molecule has 60 valence electrons. The van der Waals surface area contributed by atoms with Crippen LogP contribution >= 0.6 is 33.2 Å². The summed E-state index contributed by atoms with van der Waals surface area (Å²) in [4.78, 5) is 0. The van der Waals surface area contributed by atoms with Gasteiger partial charge < -0.3 is 0 Å². The lowest BCUT2D eigenvalue weighted by Gasteiger charge is -2.05. The van der Waals surface area contributed by atoms with Crippen LogP contribution in [0.25, 0.3) is 0 Å². The van der Waals surface area contributed by atoms with Crippen molar-refractivity contribution in [1.82, 2.24) is 0 Å². The quantitative estimate of drug-likeness (QED) is 0.546. The van der Waals surface area contributed by atoms with Gasteiger partial charge in [-0.1, -0.05) is 35.5 Å². The second-order valence-electron chi connectivity index (χ2n) is 2.28. The molecule has 0 aliphatic rings. The van der Waals surface area contributed by atoms with Crippen molar-refractivity contribution in [3.63, 3.8) is 0 Å². The monoisotopic (exact) mass is 240 g/mol. The lowest BCUT2D eigenvalue weighted by atomic mass is 10.4. The van der Waals surface area contributed by atoms with Gasteiger partial charge in [-0.25, -0.2) is 0 Å². The van der Waals surface area contributed by atoms with Gasteiger partial charge in [-0.05, 0) is 0 Å². The van der Waals surface area contributed by atoms with Crippen molar-refractivity contribution in [2.75, 3.05) is 0 Å². The molecular weight excluding hydrogens is 235 g/mol. The van der Waals surface area contributed by atoms with Crippen LogP contribution in [-0.2, 0) is 0 Å². The second kappa shape index (κ2) is 3.96. The van der Waals surface area contributed by atoms with Crippen LogP contribution in [0, 0.1) is 0 Å². The number of hydrogen-bond donors (Lipinski definition) is 0. The third-order valence-corrected chi connectivity index (χ3v) is 8.56. The summed E-state index contributed by atoms with van der Waals surface area (Å²) in [6, 6.07) is 9.99. The maximum atomic E-state index is 5.80. The van der Waals surface area contributed by atoms with Crippen LogP contribution in [0.3, 0.4) is 0 Å². The van der Waals surface area contributed by atoms with E-state index in [1.165, 1.54) is 5.19 Å². The van der Waals surface area contributed by atoms with Gasteiger partial charge in [0.25, 0.3) is 0 Å². The highest BCUT2D eigenvalue weighted by Crippen LogP contribution is 2.16. The Morgan fingerprint density at radius 2 is 1.55 bits per heavy atom. The van der Waals surface area contributed by atoms with E-state index in [-0.39, 0.29) is 0 Å². The van der Waals surface area contributed by atoms with Crippen LogP contribution in [0.4, 0.5) is 0 Å². The summed E-state index contributed by atoms with van der Waals surface area (Å²) in [5.74, 6) is 0. The van der Waals surface area contributed by atoms with Crippen molar-refractivity contribution in [2.24, 2.45) is 0 Å². The SMILES string of the molecule is Cl[Si](Cl)(Cl)[SiH2]c1ccccc1. The first-order valence-electron chi connectivity index (χ1n) is 3.18. The van der Waals surface area contributed by atoms with E-state index in [0.29, 0.717) is 0 Å². The Bertz CT molecular complexity index is 219. The molecule has 0 saturated carbocycles. The Labute approximate surface area is 83.2 Å². The molecule has 0 saturated heterocycles. The first-order chi connectivity index (χ1) is 5.08. The minimum atomic E-state index is -2.34. The maximum absolute atomic E-state index is 5.80. The van der Waals surface area contributed by atoms with Crippen molar-refractivity contribution in [3.05, 3.63) is 30.3 Å². The molecule has 0 amide bonds. The number of halogens is 3. The normalized spacial score (nSPS) is 12.6. The van der Waals surface area contributed by atoms with Gasteiger partial charge in [-0.2, -0.15) is 0 Å². The molecule has 11 heavy (non-hydrogen) atoms. The largest absolute Gasteiger partial charge is 0.322 e. The first kappa shape index (κ1) is 9.61. The van der Waals surface area contributed by atoms with E-state index in [2.05, 4.69) is 0 Å². The van der Waals surface area contributed by atoms with Gasteiger partial charge in [-0.15, -0.1) is 33.2 Å². The molecule has 1 rings (SSSR count). The Morgan fingerprint density at radius 1 is 1.00 bits per heavy atom. The topological polar surface area (TPSA) is 0 Å². The van der Waals surface area contributed by atoms with E-state index in [0.717, 1.165) is 0 Å². The highest BCUT2D eigenvalue weighted by Gasteiger charge is 2.25. The zero-order valence-corrected chi connectivity index (χ0v) is 10.4. The molecule has 0 unspecified atom stereocenters. The van der Waals surface area contributed by atoms with Gasteiger partial charge in [0, 0.05) is 0 Å². The number of benzene rings is 1. The molecule has 1 aromatic rings. The smallest absolute Gasteiger partial charge is 0.130 e. The highest BCUT2D eigenvalue weighted by atomic mass is 35.8. The van der Waals surface area contributed by atoms with Crippen molar-refractivity contribution in [2.45, 2.75) is 0 Å². The minimum Gasteiger partial charge on any atom is -0.130 e. The van der Waals surface area contributed by atoms with Crippen LogP contribution in [0.5, 0.6) is 0 Å². The van der Waals surface area contributed by atoms with Gasteiger partial charge in [-0.3, -0.25) is 0 Å². The predicted molar refractivity (Wildman–Crippen MR) is 57.9 cm³/mol. The molecule has 0 aromatic heterocycles. The van der Waals surface area contributed by atoms with E-state index >= 15 is 0 Å². The summed E-state index contributed by atoms with van der Waals surface area (Å²) in [5, 5.41) is 1.24. The highest BCUT2D eigenvalue weighted by molar-refractivity contribution is 7.83. The molecule has 0 nitrogen and oxygen atoms in total. The fourth-order valence-electron chi connectivity index (χ4n) is 0.827. The molecule has 5 heteroatoms. The molecule has 0 aliphatic heterocycles. The van der Waals surface area contributed by atoms with E-state index in [1.54, 1.807) is 0 Å². The number of rotatable bonds is 2. The predicted octanol–water partition coefficient (Wildman–Crippen LogP) is 1.63.